The molecule has 46 heavy (non-hydrogen) atoms. The highest BCUT2D eigenvalue weighted by atomic mass is 19.1. The lowest BCUT2D eigenvalue weighted by molar-refractivity contribution is 0.0303. The van der Waals surface area contributed by atoms with E-state index in [0.29, 0.717) is 54.2 Å². The van der Waals surface area contributed by atoms with Gasteiger partial charge in [0.05, 0.1) is 49.0 Å². The van der Waals surface area contributed by atoms with Crippen LogP contribution in [0.25, 0.3) is 22.1 Å². The molecule has 3 aromatic carbocycles. The molecule has 0 bridgehead atoms. The van der Waals surface area contributed by atoms with E-state index in [1.165, 1.54) is 23.1 Å². The third kappa shape index (κ3) is 5.74. The van der Waals surface area contributed by atoms with Gasteiger partial charge in [-0.2, -0.15) is 15.0 Å². The van der Waals surface area contributed by atoms with E-state index in [1.807, 2.05) is 20.8 Å². The first kappa shape index (κ1) is 30.6. The summed E-state index contributed by atoms with van der Waals surface area (Å²) in [5.74, 6) is -0.474. The summed E-state index contributed by atoms with van der Waals surface area (Å²) in [6.45, 7) is 7.49. The number of carbonyl (C=O) groups is 1. The van der Waals surface area contributed by atoms with Gasteiger partial charge in [0.15, 0.2) is 5.82 Å². The number of aliphatic hydroxyl groups is 1. The first-order valence-electron chi connectivity index (χ1n) is 14.8. The fourth-order valence-electron chi connectivity index (χ4n) is 5.43. The Morgan fingerprint density at radius 1 is 1.11 bits per heavy atom. The molecule has 1 fully saturated rings. The van der Waals surface area contributed by atoms with E-state index in [9.17, 15) is 20.0 Å². The van der Waals surface area contributed by atoms with Crippen molar-refractivity contribution in [3.63, 3.8) is 0 Å². The number of benzene rings is 3. The van der Waals surface area contributed by atoms with Crippen molar-refractivity contribution in [3.8, 4) is 17.4 Å². The number of nitriles is 1. The summed E-state index contributed by atoms with van der Waals surface area (Å²) in [6.07, 6.45) is 2.94. The van der Waals surface area contributed by atoms with Crippen molar-refractivity contribution in [3.05, 3.63) is 105 Å². The second-order valence-corrected chi connectivity index (χ2v) is 12.0. The normalized spacial score (nSPS) is 13.5. The van der Waals surface area contributed by atoms with Crippen LogP contribution in [0.1, 0.15) is 47.8 Å². The number of halogens is 1. The van der Waals surface area contributed by atoms with Crippen molar-refractivity contribution < 1.29 is 19.0 Å². The first-order chi connectivity index (χ1) is 22.1. The SMILES string of the molecule is CC(C)(C)c1cc(F)c2c(=O)n(-c3cccc(-n4cc(C#N)c(Nc5ccc(C(=O)N6CCOCC6)cc5)n4)c3CO)ncc2c1. The number of carbonyl (C=O) groups excluding carboxylic acids is 1. The van der Waals surface area contributed by atoms with Gasteiger partial charge in [-0.25, -0.2) is 9.07 Å². The Morgan fingerprint density at radius 3 is 2.50 bits per heavy atom. The van der Waals surface area contributed by atoms with Crippen LogP contribution in [-0.4, -0.2) is 61.8 Å². The van der Waals surface area contributed by atoms with Crippen molar-refractivity contribution in [2.75, 3.05) is 31.6 Å². The lowest BCUT2D eigenvalue weighted by atomic mass is 9.86. The Morgan fingerprint density at radius 2 is 1.83 bits per heavy atom. The number of aromatic nitrogens is 4. The number of hydrogen-bond donors (Lipinski definition) is 2. The summed E-state index contributed by atoms with van der Waals surface area (Å²) in [6, 6.07) is 17.1. The lowest BCUT2D eigenvalue weighted by Gasteiger charge is -2.26. The Kier molecular flexibility index (Phi) is 8.12. The minimum absolute atomic E-state index is 0.0781. The van der Waals surface area contributed by atoms with E-state index in [4.69, 9.17) is 4.74 Å². The third-order valence-electron chi connectivity index (χ3n) is 7.99. The molecule has 5 aromatic rings. The van der Waals surface area contributed by atoms with Gasteiger partial charge in [-0.3, -0.25) is 9.59 Å². The number of hydrogen-bond acceptors (Lipinski definition) is 8. The third-order valence-corrected chi connectivity index (χ3v) is 7.99. The van der Waals surface area contributed by atoms with E-state index >= 15 is 4.39 Å². The monoisotopic (exact) mass is 621 g/mol. The number of nitrogens with one attached hydrogen (secondary N) is 1. The molecule has 1 saturated heterocycles. The van der Waals surface area contributed by atoms with Crippen LogP contribution in [0.15, 0.2) is 71.8 Å². The maximum atomic E-state index is 15.3. The molecule has 2 aromatic heterocycles. The molecule has 3 heterocycles. The van der Waals surface area contributed by atoms with Crippen LogP contribution in [0, 0.1) is 17.1 Å². The molecule has 0 atom stereocenters. The molecule has 2 N–H and O–H groups in total. The Hall–Kier alpha value is -5.38. The average Bonchev–Trinajstić information content (AvgIpc) is 3.46. The summed E-state index contributed by atoms with van der Waals surface area (Å²) in [5.41, 5.74) is 2.06. The smallest absolute Gasteiger partial charge is 0.282 e. The maximum Gasteiger partial charge on any atom is 0.282 e. The Bertz CT molecular complexity index is 2050. The summed E-state index contributed by atoms with van der Waals surface area (Å²) < 4.78 is 23.1. The molecule has 1 aliphatic heterocycles. The molecule has 1 amide bonds. The Labute approximate surface area is 264 Å². The number of morpholine rings is 1. The summed E-state index contributed by atoms with van der Waals surface area (Å²) in [7, 11) is 0. The zero-order chi connectivity index (χ0) is 32.6. The van der Waals surface area contributed by atoms with Crippen LogP contribution in [0.3, 0.4) is 0 Å². The van der Waals surface area contributed by atoms with Crippen molar-refractivity contribution >= 4 is 28.2 Å². The predicted molar refractivity (Wildman–Crippen MR) is 170 cm³/mol. The van der Waals surface area contributed by atoms with Gasteiger partial charge in [0.25, 0.3) is 11.5 Å². The van der Waals surface area contributed by atoms with Gasteiger partial charge in [0, 0.05) is 35.3 Å². The van der Waals surface area contributed by atoms with Gasteiger partial charge in [0.1, 0.15) is 17.4 Å². The molecule has 1 aliphatic rings. The fraction of sp³-hybridized carbons (Fsp3) is 0.265. The molecule has 0 spiro atoms. The van der Waals surface area contributed by atoms with E-state index in [1.54, 1.807) is 53.4 Å². The van der Waals surface area contributed by atoms with Gasteiger partial charge in [-0.05, 0) is 59.5 Å². The zero-order valence-electron chi connectivity index (χ0n) is 25.6. The zero-order valence-corrected chi connectivity index (χ0v) is 25.6. The van der Waals surface area contributed by atoms with Gasteiger partial charge >= 0.3 is 0 Å². The van der Waals surface area contributed by atoms with Crippen molar-refractivity contribution in [2.45, 2.75) is 32.8 Å². The summed E-state index contributed by atoms with van der Waals surface area (Å²) in [4.78, 5) is 28.1. The van der Waals surface area contributed by atoms with Crippen molar-refractivity contribution in [1.82, 2.24) is 24.5 Å². The van der Waals surface area contributed by atoms with Crippen molar-refractivity contribution in [1.29, 1.82) is 5.26 Å². The topological polar surface area (TPSA) is 138 Å². The minimum atomic E-state index is -0.668. The number of anilines is 2. The fourth-order valence-corrected chi connectivity index (χ4v) is 5.43. The second kappa shape index (κ2) is 12.2. The Balaban J connectivity index is 1.33. The van der Waals surface area contributed by atoms with Crippen LogP contribution in [0.2, 0.25) is 0 Å². The van der Waals surface area contributed by atoms with E-state index in [2.05, 4.69) is 21.6 Å². The highest BCUT2D eigenvalue weighted by Crippen LogP contribution is 2.29. The molecular formula is C34H32FN7O4. The highest BCUT2D eigenvalue weighted by molar-refractivity contribution is 5.94. The van der Waals surface area contributed by atoms with E-state index in [-0.39, 0.29) is 33.8 Å². The highest BCUT2D eigenvalue weighted by Gasteiger charge is 2.22. The predicted octanol–water partition coefficient (Wildman–Crippen LogP) is 4.59. The van der Waals surface area contributed by atoms with Crippen LogP contribution >= 0.6 is 0 Å². The maximum absolute atomic E-state index is 15.3. The number of amides is 1. The number of rotatable bonds is 6. The lowest BCUT2D eigenvalue weighted by Crippen LogP contribution is -2.40. The molecule has 0 unspecified atom stereocenters. The molecule has 0 radical (unpaired) electrons. The van der Waals surface area contributed by atoms with Crippen LogP contribution in [-0.2, 0) is 16.8 Å². The molecule has 12 heteroatoms. The van der Waals surface area contributed by atoms with E-state index in [0.717, 1.165) is 10.2 Å². The van der Waals surface area contributed by atoms with Crippen LogP contribution < -0.4 is 10.9 Å². The van der Waals surface area contributed by atoms with Crippen molar-refractivity contribution in [2.24, 2.45) is 0 Å². The minimum Gasteiger partial charge on any atom is -0.392 e. The largest absolute Gasteiger partial charge is 0.392 e. The molecule has 0 saturated carbocycles. The van der Waals surface area contributed by atoms with Crippen LogP contribution in [0.4, 0.5) is 15.9 Å². The van der Waals surface area contributed by atoms with E-state index < -0.39 is 18.0 Å². The molecular weight excluding hydrogens is 589 g/mol. The van der Waals surface area contributed by atoms with Gasteiger partial charge in [0.2, 0.25) is 0 Å². The van der Waals surface area contributed by atoms with Gasteiger partial charge < -0.3 is 20.1 Å². The van der Waals surface area contributed by atoms with Gasteiger partial charge in [-0.1, -0.05) is 26.8 Å². The number of fused-ring (bicyclic) bond motifs is 1. The summed E-state index contributed by atoms with van der Waals surface area (Å²) >= 11 is 0. The molecule has 6 rings (SSSR count). The summed E-state index contributed by atoms with van der Waals surface area (Å²) in [5, 5.41) is 32.6. The standard InChI is InChI=1S/C34H32FN7O4/c1-34(2,3)24-15-22-18-37-42(33(45)30(22)27(35)16-24)29-6-4-5-28(26(29)20-43)41-19-23(17-36)31(39-41)38-25-9-7-21(8-10-25)32(44)40-11-13-46-14-12-40/h4-10,15-16,18-19,43H,11-14,20H2,1-3H3,(H,38,39). The average molecular weight is 622 g/mol. The second-order valence-electron chi connectivity index (χ2n) is 12.0. The molecule has 234 valence electrons. The quantitative estimate of drug-likeness (QED) is 0.281. The molecule has 0 aliphatic carbocycles. The molecule has 11 nitrogen and oxygen atoms in total. The van der Waals surface area contributed by atoms with Gasteiger partial charge in [-0.15, -0.1) is 5.10 Å². The number of aliphatic hydroxyl groups excluding tert-OH is 1. The number of ether oxygens (including phenoxy) is 1. The number of nitrogens with zero attached hydrogens (tertiary/aromatic N) is 6. The first-order valence-corrected chi connectivity index (χ1v) is 14.8. The van der Waals surface area contributed by atoms with Crippen LogP contribution in [0.5, 0.6) is 0 Å².